The highest BCUT2D eigenvalue weighted by molar-refractivity contribution is 6.34. The van der Waals surface area contributed by atoms with Crippen molar-refractivity contribution in [1.29, 1.82) is 0 Å². The van der Waals surface area contributed by atoms with Crippen molar-refractivity contribution in [3.8, 4) is 0 Å². The highest BCUT2D eigenvalue weighted by atomic mass is 35.5. The minimum Gasteiger partial charge on any atom is -0.366 e. The van der Waals surface area contributed by atoms with E-state index in [1.54, 1.807) is 0 Å². The van der Waals surface area contributed by atoms with Crippen molar-refractivity contribution in [2.24, 2.45) is 11.7 Å². The molecule has 6 nitrogen and oxygen atoms in total. The Bertz CT molecular complexity index is 559. The molecule has 0 spiro atoms. The Balaban J connectivity index is 2.14. The largest absolute Gasteiger partial charge is 0.366 e. The van der Waals surface area contributed by atoms with E-state index >= 15 is 0 Å². The summed E-state index contributed by atoms with van der Waals surface area (Å²) in [5.74, 6) is -1.51. The first-order valence-electron chi connectivity index (χ1n) is 5.64. The second kappa shape index (κ2) is 5.27. The highest BCUT2D eigenvalue weighted by Crippen LogP contribution is 2.24. The van der Waals surface area contributed by atoms with Gasteiger partial charge in [0.1, 0.15) is 0 Å². The molecule has 19 heavy (non-hydrogen) atoms. The molecule has 0 aliphatic carbocycles. The maximum Gasteiger partial charge on any atom is 0.248 e. The van der Waals surface area contributed by atoms with Crippen molar-refractivity contribution in [3.63, 3.8) is 0 Å². The number of primary amides is 1. The van der Waals surface area contributed by atoms with Crippen molar-refractivity contribution in [2.75, 3.05) is 11.9 Å². The summed E-state index contributed by atoms with van der Waals surface area (Å²) in [5.41, 5.74) is 5.71. The number of anilines is 1. The Kier molecular flexibility index (Phi) is 3.71. The van der Waals surface area contributed by atoms with E-state index in [9.17, 15) is 14.4 Å². The zero-order valence-electron chi connectivity index (χ0n) is 9.90. The van der Waals surface area contributed by atoms with Crippen LogP contribution >= 0.6 is 11.6 Å². The first kappa shape index (κ1) is 13.4. The lowest BCUT2D eigenvalue weighted by atomic mass is 10.1. The van der Waals surface area contributed by atoms with Crippen LogP contribution in [0.25, 0.3) is 0 Å². The number of hydrogen-bond acceptors (Lipinski definition) is 3. The van der Waals surface area contributed by atoms with E-state index < -0.39 is 11.8 Å². The fourth-order valence-electron chi connectivity index (χ4n) is 1.80. The van der Waals surface area contributed by atoms with Crippen LogP contribution in [0.5, 0.6) is 0 Å². The number of carbonyl (C=O) groups excluding carboxylic acids is 3. The highest BCUT2D eigenvalue weighted by Gasteiger charge is 2.28. The number of carbonyl (C=O) groups is 3. The SMILES string of the molecule is NC(=O)c1ccc(Cl)c(NC(=O)C2CNC(=O)C2)c1. The van der Waals surface area contributed by atoms with Crippen molar-refractivity contribution < 1.29 is 14.4 Å². The molecule has 1 aliphatic heterocycles. The van der Waals surface area contributed by atoms with E-state index in [0.29, 0.717) is 17.3 Å². The van der Waals surface area contributed by atoms with E-state index in [1.807, 2.05) is 0 Å². The molecular weight excluding hydrogens is 270 g/mol. The second-order valence-corrected chi connectivity index (χ2v) is 4.66. The molecule has 1 fully saturated rings. The molecule has 0 radical (unpaired) electrons. The topological polar surface area (TPSA) is 101 Å². The molecule has 2 rings (SSSR count). The normalized spacial score (nSPS) is 17.9. The zero-order chi connectivity index (χ0) is 14.0. The number of benzene rings is 1. The standard InChI is InChI=1S/C12H12ClN3O3/c13-8-2-1-6(11(14)18)3-9(8)16-12(19)7-4-10(17)15-5-7/h1-3,7H,4-5H2,(H2,14,18)(H,15,17)(H,16,19). The van der Waals surface area contributed by atoms with Gasteiger partial charge in [0, 0.05) is 18.5 Å². The summed E-state index contributed by atoms with van der Waals surface area (Å²) in [7, 11) is 0. The van der Waals surface area contributed by atoms with E-state index in [-0.39, 0.29) is 23.8 Å². The van der Waals surface area contributed by atoms with Crippen LogP contribution in [-0.2, 0) is 9.59 Å². The van der Waals surface area contributed by atoms with E-state index in [4.69, 9.17) is 17.3 Å². The Morgan fingerprint density at radius 1 is 1.42 bits per heavy atom. The maximum atomic E-state index is 11.9. The maximum absolute atomic E-state index is 11.9. The summed E-state index contributed by atoms with van der Waals surface area (Å²) in [6.07, 6.45) is 0.152. The van der Waals surface area contributed by atoms with Gasteiger partial charge in [-0.1, -0.05) is 11.6 Å². The number of hydrogen-bond donors (Lipinski definition) is 3. The Labute approximate surface area is 114 Å². The van der Waals surface area contributed by atoms with Crippen LogP contribution in [0.2, 0.25) is 5.02 Å². The van der Waals surface area contributed by atoms with Gasteiger partial charge in [0.2, 0.25) is 17.7 Å². The summed E-state index contributed by atoms with van der Waals surface area (Å²) in [6, 6.07) is 4.36. The molecule has 100 valence electrons. The first-order chi connectivity index (χ1) is 8.97. The van der Waals surface area contributed by atoms with Gasteiger partial charge in [0.25, 0.3) is 0 Å². The fraction of sp³-hybridized carbons (Fsp3) is 0.250. The number of nitrogens with one attached hydrogen (secondary N) is 2. The molecule has 0 aromatic heterocycles. The number of halogens is 1. The number of rotatable bonds is 3. The molecule has 1 aliphatic rings. The summed E-state index contributed by atoms with van der Waals surface area (Å²) >= 11 is 5.93. The predicted octanol–water partition coefficient (Wildman–Crippen LogP) is 0.513. The monoisotopic (exact) mass is 281 g/mol. The molecule has 1 unspecified atom stereocenters. The predicted molar refractivity (Wildman–Crippen MR) is 69.7 cm³/mol. The van der Waals surface area contributed by atoms with Crippen LogP contribution in [0.3, 0.4) is 0 Å². The van der Waals surface area contributed by atoms with Gasteiger partial charge < -0.3 is 16.4 Å². The number of amides is 3. The van der Waals surface area contributed by atoms with Crippen LogP contribution in [0.15, 0.2) is 18.2 Å². The second-order valence-electron chi connectivity index (χ2n) is 4.25. The molecule has 7 heteroatoms. The minimum atomic E-state index is -0.607. The third kappa shape index (κ3) is 3.03. The quantitative estimate of drug-likeness (QED) is 0.752. The minimum absolute atomic E-state index is 0.152. The molecule has 0 bridgehead atoms. The van der Waals surface area contributed by atoms with Crippen LogP contribution in [0.1, 0.15) is 16.8 Å². The molecule has 1 saturated heterocycles. The third-order valence-electron chi connectivity index (χ3n) is 2.86. The van der Waals surface area contributed by atoms with E-state index in [2.05, 4.69) is 10.6 Å². The van der Waals surface area contributed by atoms with Crippen LogP contribution in [0, 0.1) is 5.92 Å². The average molecular weight is 282 g/mol. The molecule has 1 aromatic carbocycles. The van der Waals surface area contributed by atoms with Gasteiger partial charge in [-0.3, -0.25) is 14.4 Å². The van der Waals surface area contributed by atoms with E-state index in [0.717, 1.165) is 0 Å². The van der Waals surface area contributed by atoms with Crippen LogP contribution in [0.4, 0.5) is 5.69 Å². The number of nitrogens with two attached hydrogens (primary N) is 1. The Morgan fingerprint density at radius 2 is 2.16 bits per heavy atom. The Hall–Kier alpha value is -2.08. The lowest BCUT2D eigenvalue weighted by Crippen LogP contribution is -2.25. The molecule has 3 amide bonds. The summed E-state index contributed by atoms with van der Waals surface area (Å²) in [5, 5.41) is 5.47. The molecule has 1 heterocycles. The van der Waals surface area contributed by atoms with Crippen LogP contribution < -0.4 is 16.4 Å². The average Bonchev–Trinajstić information content (AvgIpc) is 2.78. The molecule has 4 N–H and O–H groups in total. The third-order valence-corrected chi connectivity index (χ3v) is 3.19. The molecular formula is C12H12ClN3O3. The van der Waals surface area contributed by atoms with Crippen molar-refractivity contribution in [1.82, 2.24) is 5.32 Å². The van der Waals surface area contributed by atoms with Crippen molar-refractivity contribution in [3.05, 3.63) is 28.8 Å². The van der Waals surface area contributed by atoms with Gasteiger partial charge >= 0.3 is 0 Å². The van der Waals surface area contributed by atoms with Gasteiger partial charge in [-0.25, -0.2) is 0 Å². The van der Waals surface area contributed by atoms with E-state index in [1.165, 1.54) is 18.2 Å². The van der Waals surface area contributed by atoms with Crippen molar-refractivity contribution in [2.45, 2.75) is 6.42 Å². The molecule has 1 atom stereocenters. The zero-order valence-corrected chi connectivity index (χ0v) is 10.7. The Morgan fingerprint density at radius 3 is 2.74 bits per heavy atom. The smallest absolute Gasteiger partial charge is 0.248 e. The van der Waals surface area contributed by atoms with Crippen molar-refractivity contribution >= 4 is 35.0 Å². The van der Waals surface area contributed by atoms with Gasteiger partial charge in [-0.2, -0.15) is 0 Å². The van der Waals surface area contributed by atoms with Gasteiger partial charge in [0.15, 0.2) is 0 Å². The first-order valence-corrected chi connectivity index (χ1v) is 6.02. The lowest BCUT2D eigenvalue weighted by Gasteiger charge is -2.11. The summed E-state index contributed by atoms with van der Waals surface area (Å²) in [6.45, 7) is 0.303. The van der Waals surface area contributed by atoms with Gasteiger partial charge in [-0.15, -0.1) is 0 Å². The molecule has 0 saturated carbocycles. The fourth-order valence-corrected chi connectivity index (χ4v) is 1.96. The summed E-state index contributed by atoms with van der Waals surface area (Å²) in [4.78, 5) is 34.0. The van der Waals surface area contributed by atoms with Gasteiger partial charge in [0.05, 0.1) is 16.6 Å². The lowest BCUT2D eigenvalue weighted by molar-refractivity contribution is -0.123. The van der Waals surface area contributed by atoms with Crippen LogP contribution in [-0.4, -0.2) is 24.3 Å². The molecule has 1 aromatic rings. The van der Waals surface area contributed by atoms with Gasteiger partial charge in [-0.05, 0) is 18.2 Å². The summed E-state index contributed by atoms with van der Waals surface area (Å²) < 4.78 is 0.